The van der Waals surface area contributed by atoms with Crippen molar-refractivity contribution >= 4 is 17.2 Å². The molecule has 1 aromatic carbocycles. The number of carbonyl (C=O) groups excluding carboxylic acids is 1. The molecule has 3 aromatic rings. The fraction of sp³-hybridized carbons (Fsp3) is 0.294. The summed E-state index contributed by atoms with van der Waals surface area (Å²) in [7, 11) is 0. The van der Waals surface area contributed by atoms with Crippen molar-refractivity contribution in [2.24, 2.45) is 0 Å². The minimum atomic E-state index is -0.0353. The Labute approximate surface area is 143 Å². The Bertz CT molecular complexity index is 895. The third kappa shape index (κ3) is 2.71. The molecule has 0 radical (unpaired) electrons. The number of aryl methyl sites for hydroxylation is 1. The number of nitrogens with one attached hydrogen (secondary N) is 1. The van der Waals surface area contributed by atoms with Crippen molar-refractivity contribution in [1.29, 1.82) is 0 Å². The number of hydrogen-bond donors (Lipinski definition) is 1. The number of benzene rings is 1. The largest absolute Gasteiger partial charge is 0.349 e. The lowest BCUT2D eigenvalue weighted by atomic mass is 10.3. The van der Waals surface area contributed by atoms with E-state index in [4.69, 9.17) is 0 Å². The highest BCUT2D eigenvalue weighted by Gasteiger charge is 2.26. The molecule has 122 valence electrons. The minimum Gasteiger partial charge on any atom is -0.349 e. The van der Waals surface area contributed by atoms with E-state index < -0.39 is 0 Å². The molecular formula is C17H17N5OS. The van der Waals surface area contributed by atoms with Crippen LogP contribution in [0.4, 0.5) is 0 Å². The van der Waals surface area contributed by atoms with Crippen molar-refractivity contribution in [1.82, 2.24) is 25.3 Å². The SMILES string of the molecule is Cc1nc(-c2nnn(-c3ccccc3)c2C)sc1C(=O)NC1CC1. The molecule has 1 amide bonds. The lowest BCUT2D eigenvalue weighted by Crippen LogP contribution is -2.25. The van der Waals surface area contributed by atoms with Crippen LogP contribution in [0.25, 0.3) is 16.4 Å². The molecule has 6 nitrogen and oxygen atoms in total. The summed E-state index contributed by atoms with van der Waals surface area (Å²) in [6, 6.07) is 10.2. The lowest BCUT2D eigenvalue weighted by molar-refractivity contribution is 0.0954. The van der Waals surface area contributed by atoms with E-state index in [1.165, 1.54) is 11.3 Å². The summed E-state index contributed by atoms with van der Waals surface area (Å²) in [4.78, 5) is 17.5. The Morgan fingerprint density at radius 2 is 2.00 bits per heavy atom. The fourth-order valence-electron chi connectivity index (χ4n) is 2.53. The van der Waals surface area contributed by atoms with Crippen LogP contribution in [-0.2, 0) is 0 Å². The average molecular weight is 339 g/mol. The molecule has 2 heterocycles. The first-order valence-corrected chi connectivity index (χ1v) is 8.71. The molecular weight excluding hydrogens is 322 g/mol. The number of carbonyl (C=O) groups is 1. The number of para-hydroxylation sites is 1. The predicted molar refractivity (Wildman–Crippen MR) is 92.4 cm³/mol. The number of nitrogens with zero attached hydrogens (tertiary/aromatic N) is 4. The second kappa shape index (κ2) is 5.83. The molecule has 0 spiro atoms. The lowest BCUT2D eigenvalue weighted by Gasteiger charge is -2.02. The van der Waals surface area contributed by atoms with E-state index in [0.717, 1.165) is 40.6 Å². The average Bonchev–Trinajstić information content (AvgIpc) is 3.18. The molecule has 7 heteroatoms. The van der Waals surface area contributed by atoms with Crippen LogP contribution < -0.4 is 5.32 Å². The van der Waals surface area contributed by atoms with Gasteiger partial charge in [-0.3, -0.25) is 4.79 Å². The summed E-state index contributed by atoms with van der Waals surface area (Å²) >= 11 is 1.37. The van der Waals surface area contributed by atoms with Crippen LogP contribution in [0.15, 0.2) is 30.3 Å². The first-order valence-electron chi connectivity index (χ1n) is 7.90. The molecule has 24 heavy (non-hydrogen) atoms. The first-order chi connectivity index (χ1) is 11.6. The van der Waals surface area contributed by atoms with Gasteiger partial charge in [-0.15, -0.1) is 16.4 Å². The topological polar surface area (TPSA) is 72.7 Å². The van der Waals surface area contributed by atoms with Crippen LogP contribution in [0.2, 0.25) is 0 Å². The third-order valence-corrected chi connectivity index (χ3v) is 5.18. The molecule has 2 aromatic heterocycles. The zero-order valence-corrected chi connectivity index (χ0v) is 14.3. The van der Waals surface area contributed by atoms with Gasteiger partial charge < -0.3 is 5.32 Å². The van der Waals surface area contributed by atoms with Gasteiger partial charge in [0.2, 0.25) is 0 Å². The molecule has 0 aliphatic heterocycles. The molecule has 1 fully saturated rings. The Kier molecular flexibility index (Phi) is 3.65. The van der Waals surface area contributed by atoms with Crippen molar-refractivity contribution < 1.29 is 4.79 Å². The van der Waals surface area contributed by atoms with Crippen molar-refractivity contribution in [3.63, 3.8) is 0 Å². The standard InChI is InChI=1S/C17H17N5OS/c1-10-15(16(23)19-12-8-9-12)24-17(18-10)14-11(2)22(21-20-14)13-6-4-3-5-7-13/h3-7,12H,8-9H2,1-2H3,(H,19,23). The summed E-state index contributed by atoms with van der Waals surface area (Å²) in [5.41, 5.74) is 3.32. The first kappa shape index (κ1) is 15.0. The molecule has 4 rings (SSSR count). The summed E-state index contributed by atoms with van der Waals surface area (Å²) in [5, 5.41) is 12.3. The zero-order chi connectivity index (χ0) is 16.7. The fourth-order valence-corrected chi connectivity index (χ4v) is 3.53. The molecule has 0 bridgehead atoms. The highest BCUT2D eigenvalue weighted by molar-refractivity contribution is 7.17. The Morgan fingerprint density at radius 1 is 1.25 bits per heavy atom. The van der Waals surface area contributed by atoms with Crippen molar-refractivity contribution in [2.75, 3.05) is 0 Å². The van der Waals surface area contributed by atoms with Crippen LogP contribution in [0.5, 0.6) is 0 Å². The smallest absolute Gasteiger partial charge is 0.263 e. The highest BCUT2D eigenvalue weighted by atomic mass is 32.1. The number of rotatable bonds is 4. The van der Waals surface area contributed by atoms with Crippen LogP contribution in [-0.4, -0.2) is 31.9 Å². The maximum Gasteiger partial charge on any atom is 0.263 e. The van der Waals surface area contributed by atoms with Gasteiger partial charge in [-0.1, -0.05) is 23.4 Å². The minimum absolute atomic E-state index is 0.0353. The normalized spacial score (nSPS) is 13.9. The number of hydrogen-bond acceptors (Lipinski definition) is 5. The second-order valence-electron chi connectivity index (χ2n) is 5.95. The van der Waals surface area contributed by atoms with Gasteiger partial charge in [-0.05, 0) is 38.8 Å². The molecule has 0 unspecified atom stereocenters. The van der Waals surface area contributed by atoms with Gasteiger partial charge in [-0.25, -0.2) is 9.67 Å². The van der Waals surface area contributed by atoms with E-state index in [0.29, 0.717) is 10.9 Å². The van der Waals surface area contributed by atoms with E-state index in [9.17, 15) is 4.79 Å². The Hall–Kier alpha value is -2.54. The number of aromatic nitrogens is 4. The molecule has 1 aliphatic carbocycles. The monoisotopic (exact) mass is 339 g/mol. The summed E-state index contributed by atoms with van der Waals surface area (Å²) in [6.07, 6.45) is 2.14. The van der Waals surface area contributed by atoms with E-state index >= 15 is 0 Å². The molecule has 0 atom stereocenters. The van der Waals surface area contributed by atoms with Crippen molar-refractivity contribution in [3.8, 4) is 16.4 Å². The van der Waals surface area contributed by atoms with Crippen LogP contribution >= 0.6 is 11.3 Å². The highest BCUT2D eigenvalue weighted by Crippen LogP contribution is 2.30. The summed E-state index contributed by atoms with van der Waals surface area (Å²) in [6.45, 7) is 3.82. The van der Waals surface area contributed by atoms with E-state index in [2.05, 4.69) is 20.6 Å². The third-order valence-electron chi connectivity index (χ3n) is 4.01. The number of amides is 1. The van der Waals surface area contributed by atoms with Crippen LogP contribution in [0.3, 0.4) is 0 Å². The zero-order valence-electron chi connectivity index (χ0n) is 13.5. The second-order valence-corrected chi connectivity index (χ2v) is 6.95. The van der Waals surface area contributed by atoms with Crippen molar-refractivity contribution in [3.05, 3.63) is 46.6 Å². The van der Waals surface area contributed by atoms with E-state index in [-0.39, 0.29) is 5.91 Å². The summed E-state index contributed by atoms with van der Waals surface area (Å²) in [5.74, 6) is -0.0353. The van der Waals surface area contributed by atoms with Crippen LogP contribution in [0, 0.1) is 13.8 Å². The predicted octanol–water partition coefficient (Wildman–Crippen LogP) is 2.90. The van der Waals surface area contributed by atoms with Gasteiger partial charge in [-0.2, -0.15) is 0 Å². The van der Waals surface area contributed by atoms with Gasteiger partial charge in [0.05, 0.1) is 17.1 Å². The van der Waals surface area contributed by atoms with Gasteiger partial charge in [0, 0.05) is 6.04 Å². The van der Waals surface area contributed by atoms with Crippen LogP contribution in [0.1, 0.15) is 33.9 Å². The van der Waals surface area contributed by atoms with E-state index in [1.807, 2.05) is 44.2 Å². The van der Waals surface area contributed by atoms with Gasteiger partial charge in [0.15, 0.2) is 0 Å². The molecule has 1 saturated carbocycles. The molecule has 1 N–H and O–H groups in total. The molecule has 0 saturated heterocycles. The Balaban J connectivity index is 1.67. The quantitative estimate of drug-likeness (QED) is 0.793. The number of thiazole rings is 1. The maximum atomic E-state index is 12.3. The van der Waals surface area contributed by atoms with Gasteiger partial charge in [0.1, 0.15) is 15.6 Å². The Morgan fingerprint density at radius 3 is 2.71 bits per heavy atom. The van der Waals surface area contributed by atoms with Gasteiger partial charge >= 0.3 is 0 Å². The molecule has 1 aliphatic rings. The maximum absolute atomic E-state index is 12.3. The summed E-state index contributed by atoms with van der Waals surface area (Å²) < 4.78 is 1.79. The van der Waals surface area contributed by atoms with E-state index in [1.54, 1.807) is 4.68 Å². The van der Waals surface area contributed by atoms with Crippen molar-refractivity contribution in [2.45, 2.75) is 32.7 Å². The van der Waals surface area contributed by atoms with Gasteiger partial charge in [0.25, 0.3) is 5.91 Å².